The summed E-state index contributed by atoms with van der Waals surface area (Å²) < 4.78 is 14.8. The van der Waals surface area contributed by atoms with E-state index < -0.39 is 0 Å². The van der Waals surface area contributed by atoms with Crippen molar-refractivity contribution in [3.8, 4) is 11.4 Å². The topological polar surface area (TPSA) is 54.9 Å². The molecule has 4 nitrogen and oxygen atoms in total. The first kappa shape index (κ1) is 19.5. The standard InChI is InChI=1S/C22H15BrFN3OS/c23-15-8-6-14(7-9-15)21-26-19-11-10-16(24)12-18(19)22(27-21)29-13-20(28)25-17-4-2-1-3-5-17/h1-12H,13H2,(H,25,28). The normalized spacial score (nSPS) is 10.8. The number of thioether (sulfide) groups is 1. The van der Waals surface area contributed by atoms with Crippen molar-refractivity contribution < 1.29 is 9.18 Å². The highest BCUT2D eigenvalue weighted by molar-refractivity contribution is 9.10. The number of carbonyl (C=O) groups is 1. The Labute approximate surface area is 179 Å². The molecule has 1 amide bonds. The zero-order valence-electron chi connectivity index (χ0n) is 15.1. The van der Waals surface area contributed by atoms with Crippen LogP contribution in [-0.4, -0.2) is 21.6 Å². The largest absolute Gasteiger partial charge is 0.325 e. The number of aromatic nitrogens is 2. The molecule has 7 heteroatoms. The molecule has 0 aliphatic carbocycles. The van der Waals surface area contributed by atoms with Gasteiger partial charge >= 0.3 is 0 Å². The predicted molar refractivity (Wildman–Crippen MR) is 118 cm³/mol. The van der Waals surface area contributed by atoms with Gasteiger partial charge in [-0.15, -0.1) is 0 Å². The molecule has 0 bridgehead atoms. The fourth-order valence-corrected chi connectivity index (χ4v) is 3.84. The van der Waals surface area contributed by atoms with Crippen molar-refractivity contribution in [1.29, 1.82) is 0 Å². The fourth-order valence-electron chi connectivity index (χ4n) is 2.76. The second-order valence-electron chi connectivity index (χ2n) is 6.22. The second kappa shape index (κ2) is 8.71. The molecule has 0 atom stereocenters. The van der Waals surface area contributed by atoms with E-state index in [2.05, 4.69) is 31.2 Å². The number of fused-ring (bicyclic) bond motifs is 1. The number of para-hydroxylation sites is 1. The number of nitrogens with zero attached hydrogens (tertiary/aromatic N) is 2. The lowest BCUT2D eigenvalue weighted by atomic mass is 10.2. The van der Waals surface area contributed by atoms with Crippen LogP contribution < -0.4 is 5.32 Å². The third-order valence-electron chi connectivity index (χ3n) is 4.12. The Bertz CT molecular complexity index is 1170. The van der Waals surface area contributed by atoms with Gasteiger partial charge < -0.3 is 5.32 Å². The summed E-state index contributed by atoms with van der Waals surface area (Å²) in [4.78, 5) is 21.5. The lowest BCUT2D eigenvalue weighted by Crippen LogP contribution is -2.14. The van der Waals surface area contributed by atoms with E-state index in [0.29, 0.717) is 21.8 Å². The minimum atomic E-state index is -0.368. The van der Waals surface area contributed by atoms with E-state index in [-0.39, 0.29) is 17.5 Å². The Kier molecular flexibility index (Phi) is 5.87. The van der Waals surface area contributed by atoms with Crippen LogP contribution in [0, 0.1) is 5.82 Å². The van der Waals surface area contributed by atoms with Crippen LogP contribution in [-0.2, 0) is 4.79 Å². The molecule has 0 radical (unpaired) electrons. The van der Waals surface area contributed by atoms with E-state index in [1.807, 2.05) is 54.6 Å². The van der Waals surface area contributed by atoms with Crippen molar-refractivity contribution in [2.24, 2.45) is 0 Å². The average Bonchev–Trinajstić information content (AvgIpc) is 2.73. The maximum Gasteiger partial charge on any atom is 0.234 e. The monoisotopic (exact) mass is 467 g/mol. The summed E-state index contributed by atoms with van der Waals surface area (Å²) in [6.07, 6.45) is 0. The number of anilines is 1. The Morgan fingerprint density at radius 2 is 1.76 bits per heavy atom. The molecule has 1 heterocycles. The Balaban J connectivity index is 1.63. The first-order valence-electron chi connectivity index (χ1n) is 8.79. The Morgan fingerprint density at radius 1 is 1.00 bits per heavy atom. The van der Waals surface area contributed by atoms with Crippen LogP contribution in [0.5, 0.6) is 0 Å². The summed E-state index contributed by atoms with van der Waals surface area (Å²) in [7, 11) is 0. The van der Waals surface area contributed by atoms with E-state index in [9.17, 15) is 9.18 Å². The zero-order chi connectivity index (χ0) is 20.2. The van der Waals surface area contributed by atoms with Gasteiger partial charge in [-0.3, -0.25) is 4.79 Å². The van der Waals surface area contributed by atoms with Crippen LogP contribution in [0.3, 0.4) is 0 Å². The number of hydrogen-bond acceptors (Lipinski definition) is 4. The van der Waals surface area contributed by atoms with Gasteiger partial charge in [0.1, 0.15) is 10.8 Å². The van der Waals surface area contributed by atoms with Gasteiger partial charge in [0.05, 0.1) is 11.3 Å². The third-order valence-corrected chi connectivity index (χ3v) is 5.64. The third kappa shape index (κ3) is 4.81. The van der Waals surface area contributed by atoms with Gasteiger partial charge in [0.15, 0.2) is 5.82 Å². The molecule has 0 aliphatic heterocycles. The molecule has 0 unspecified atom stereocenters. The molecule has 1 N–H and O–H groups in total. The minimum Gasteiger partial charge on any atom is -0.325 e. The number of amides is 1. The quantitative estimate of drug-likeness (QED) is 0.292. The molecule has 1 aromatic heterocycles. The predicted octanol–water partition coefficient (Wildman–Crippen LogP) is 5.93. The first-order valence-corrected chi connectivity index (χ1v) is 10.6. The Morgan fingerprint density at radius 3 is 2.52 bits per heavy atom. The summed E-state index contributed by atoms with van der Waals surface area (Å²) in [5.41, 5.74) is 2.20. The maximum atomic E-state index is 13.8. The molecular weight excluding hydrogens is 453 g/mol. The smallest absolute Gasteiger partial charge is 0.234 e. The molecular formula is C22H15BrFN3OS. The number of hydrogen-bond donors (Lipinski definition) is 1. The fraction of sp³-hybridized carbons (Fsp3) is 0.0455. The van der Waals surface area contributed by atoms with Crippen molar-refractivity contribution in [2.45, 2.75) is 5.03 Å². The highest BCUT2D eigenvalue weighted by Gasteiger charge is 2.13. The first-order chi connectivity index (χ1) is 14.1. The van der Waals surface area contributed by atoms with Crippen molar-refractivity contribution >= 4 is 50.2 Å². The number of nitrogens with one attached hydrogen (secondary N) is 1. The summed E-state index contributed by atoms with van der Waals surface area (Å²) in [5.74, 6) is 0.155. The van der Waals surface area contributed by atoms with Crippen LogP contribution in [0.2, 0.25) is 0 Å². The molecule has 0 spiro atoms. The van der Waals surface area contributed by atoms with Gasteiger partial charge in [-0.05, 0) is 42.5 Å². The van der Waals surface area contributed by atoms with E-state index in [1.54, 1.807) is 6.07 Å². The van der Waals surface area contributed by atoms with Crippen LogP contribution in [0.15, 0.2) is 82.3 Å². The van der Waals surface area contributed by atoms with Gasteiger partial charge in [-0.25, -0.2) is 14.4 Å². The average molecular weight is 468 g/mol. The van der Waals surface area contributed by atoms with Crippen LogP contribution in [0.4, 0.5) is 10.1 Å². The van der Waals surface area contributed by atoms with Gasteiger partial charge in [0.2, 0.25) is 5.91 Å². The molecule has 0 aliphatic rings. The lowest BCUT2D eigenvalue weighted by Gasteiger charge is -2.09. The summed E-state index contributed by atoms with van der Waals surface area (Å²) >= 11 is 4.68. The van der Waals surface area contributed by atoms with Crippen LogP contribution >= 0.6 is 27.7 Å². The van der Waals surface area contributed by atoms with Crippen LogP contribution in [0.25, 0.3) is 22.3 Å². The van der Waals surface area contributed by atoms with Gasteiger partial charge in [-0.2, -0.15) is 0 Å². The number of benzene rings is 3. The molecule has 3 aromatic carbocycles. The number of carbonyl (C=O) groups excluding carboxylic acids is 1. The lowest BCUT2D eigenvalue weighted by molar-refractivity contribution is -0.113. The van der Waals surface area contributed by atoms with E-state index in [1.165, 1.54) is 23.9 Å². The second-order valence-corrected chi connectivity index (χ2v) is 8.10. The Hall–Kier alpha value is -2.77. The minimum absolute atomic E-state index is 0.150. The van der Waals surface area contributed by atoms with Gasteiger partial charge in [-0.1, -0.05) is 58.0 Å². The highest BCUT2D eigenvalue weighted by Crippen LogP contribution is 2.29. The van der Waals surface area contributed by atoms with Gasteiger partial charge in [0.25, 0.3) is 0 Å². The van der Waals surface area contributed by atoms with Crippen molar-refractivity contribution in [2.75, 3.05) is 11.1 Å². The molecule has 0 saturated carbocycles. The molecule has 29 heavy (non-hydrogen) atoms. The molecule has 4 aromatic rings. The summed E-state index contributed by atoms with van der Waals surface area (Å²) in [6, 6.07) is 21.3. The van der Waals surface area contributed by atoms with Crippen molar-refractivity contribution in [3.05, 3.63) is 83.1 Å². The highest BCUT2D eigenvalue weighted by atomic mass is 79.9. The molecule has 0 saturated heterocycles. The summed E-state index contributed by atoms with van der Waals surface area (Å²) in [5, 5.41) is 3.99. The van der Waals surface area contributed by atoms with Gasteiger partial charge in [0, 0.05) is 21.1 Å². The van der Waals surface area contributed by atoms with E-state index >= 15 is 0 Å². The zero-order valence-corrected chi connectivity index (χ0v) is 17.5. The van der Waals surface area contributed by atoms with E-state index in [0.717, 1.165) is 15.7 Å². The van der Waals surface area contributed by atoms with E-state index in [4.69, 9.17) is 0 Å². The molecule has 4 rings (SSSR count). The maximum absolute atomic E-state index is 13.8. The van der Waals surface area contributed by atoms with Crippen molar-refractivity contribution in [3.63, 3.8) is 0 Å². The van der Waals surface area contributed by atoms with Crippen LogP contribution in [0.1, 0.15) is 0 Å². The summed E-state index contributed by atoms with van der Waals surface area (Å²) in [6.45, 7) is 0. The van der Waals surface area contributed by atoms with Crippen molar-refractivity contribution in [1.82, 2.24) is 9.97 Å². The SMILES string of the molecule is O=C(CSc1nc(-c2ccc(Br)cc2)nc2ccc(F)cc12)Nc1ccccc1. The molecule has 144 valence electrons. The molecule has 0 fully saturated rings. The number of halogens is 2. The number of rotatable bonds is 5.